The fourth-order valence-electron chi connectivity index (χ4n) is 3.35. The van der Waals surface area contributed by atoms with Crippen LogP contribution in [0.15, 0.2) is 29.2 Å². The molecule has 2 heterocycles. The molecule has 0 fully saturated rings. The number of halogens is 5. The third-order valence-corrected chi connectivity index (χ3v) is 5.27. The lowest BCUT2D eigenvalue weighted by Gasteiger charge is -2.19. The van der Waals surface area contributed by atoms with E-state index in [2.05, 4.69) is 15.3 Å². The fraction of sp³-hybridized carbons (Fsp3) is 0.261. The Morgan fingerprint density at radius 3 is 2.43 bits per heavy atom. The van der Waals surface area contributed by atoms with Gasteiger partial charge in [-0.05, 0) is 38.5 Å². The molecule has 0 radical (unpaired) electrons. The molecule has 0 atom stereocenters. The van der Waals surface area contributed by atoms with Crippen molar-refractivity contribution in [2.45, 2.75) is 33.6 Å². The summed E-state index contributed by atoms with van der Waals surface area (Å²) in [7, 11) is 1.34. The fourth-order valence-corrected chi connectivity index (χ4v) is 3.35. The minimum atomic E-state index is -4.76. The molecule has 35 heavy (non-hydrogen) atoms. The molecule has 186 valence electrons. The van der Waals surface area contributed by atoms with E-state index in [0.29, 0.717) is 6.20 Å². The largest absolute Gasteiger partial charge is 0.444 e. The number of nitrogens with one attached hydrogen (secondary N) is 2. The number of benzene rings is 1. The number of nitrogens with zero attached hydrogens (tertiary/aromatic N) is 1. The Morgan fingerprint density at radius 2 is 1.83 bits per heavy atom. The SMILES string of the molecule is CNC(=O)OCc1c(C)[nH]c(-c2c(Oc3ccc(F)c(F)c3C)ncc(C(F)(F)F)c2C)cc1=O. The molecule has 0 aliphatic rings. The van der Waals surface area contributed by atoms with Gasteiger partial charge in [-0.15, -0.1) is 0 Å². The topological polar surface area (TPSA) is 93.3 Å². The van der Waals surface area contributed by atoms with Crippen molar-refractivity contribution >= 4 is 6.09 Å². The zero-order valence-corrected chi connectivity index (χ0v) is 19.0. The third kappa shape index (κ3) is 5.26. The zero-order chi connectivity index (χ0) is 26.1. The molecule has 0 saturated carbocycles. The lowest BCUT2D eigenvalue weighted by molar-refractivity contribution is -0.138. The smallest absolute Gasteiger partial charge is 0.418 e. The molecule has 7 nitrogen and oxygen atoms in total. The number of ether oxygens (including phenoxy) is 2. The highest BCUT2D eigenvalue weighted by atomic mass is 19.4. The maximum Gasteiger partial charge on any atom is 0.418 e. The molecule has 3 aromatic rings. The van der Waals surface area contributed by atoms with Gasteiger partial charge < -0.3 is 19.8 Å². The molecule has 3 rings (SSSR count). The first-order chi connectivity index (χ1) is 16.3. The number of aryl methyl sites for hydroxylation is 1. The van der Waals surface area contributed by atoms with Crippen LogP contribution < -0.4 is 15.5 Å². The van der Waals surface area contributed by atoms with Gasteiger partial charge in [0.15, 0.2) is 17.1 Å². The second kappa shape index (κ2) is 9.72. The first kappa shape index (κ1) is 25.7. The number of hydrogen-bond donors (Lipinski definition) is 2. The van der Waals surface area contributed by atoms with Gasteiger partial charge in [0.05, 0.1) is 22.4 Å². The lowest BCUT2D eigenvalue weighted by Crippen LogP contribution is -2.22. The van der Waals surface area contributed by atoms with Gasteiger partial charge in [0.25, 0.3) is 0 Å². The number of H-pyrrole nitrogens is 1. The van der Waals surface area contributed by atoms with Crippen LogP contribution in [-0.4, -0.2) is 23.1 Å². The number of pyridine rings is 2. The molecule has 0 bridgehead atoms. The molecule has 2 aromatic heterocycles. The number of alkyl carbamates (subject to hydrolysis) is 1. The second-order valence-electron chi connectivity index (χ2n) is 7.54. The molecule has 12 heteroatoms. The van der Waals surface area contributed by atoms with Crippen molar-refractivity contribution in [2.75, 3.05) is 7.05 Å². The number of aromatic nitrogens is 2. The molecule has 0 spiro atoms. The second-order valence-corrected chi connectivity index (χ2v) is 7.54. The van der Waals surface area contributed by atoms with Gasteiger partial charge in [-0.3, -0.25) is 4.79 Å². The van der Waals surface area contributed by atoms with E-state index in [1.54, 1.807) is 0 Å². The molecular weight excluding hydrogens is 477 g/mol. The van der Waals surface area contributed by atoms with Crippen LogP contribution in [-0.2, 0) is 17.5 Å². The minimum absolute atomic E-state index is 0.0671. The van der Waals surface area contributed by atoms with Crippen molar-refractivity contribution in [1.82, 2.24) is 15.3 Å². The van der Waals surface area contributed by atoms with E-state index in [1.165, 1.54) is 27.8 Å². The summed E-state index contributed by atoms with van der Waals surface area (Å²) < 4.78 is 78.8. The first-order valence-electron chi connectivity index (χ1n) is 10.1. The number of amides is 1. The van der Waals surface area contributed by atoms with Crippen molar-refractivity contribution in [1.29, 1.82) is 0 Å². The van der Waals surface area contributed by atoms with Gasteiger partial charge in [-0.1, -0.05) is 0 Å². The minimum Gasteiger partial charge on any atom is -0.444 e. The molecular formula is C23H20F5N3O4. The van der Waals surface area contributed by atoms with E-state index >= 15 is 0 Å². The van der Waals surface area contributed by atoms with Gasteiger partial charge in [0, 0.05) is 30.6 Å². The normalized spacial score (nSPS) is 11.3. The summed E-state index contributed by atoms with van der Waals surface area (Å²) >= 11 is 0. The van der Waals surface area contributed by atoms with Crippen molar-refractivity contribution in [3.63, 3.8) is 0 Å². The van der Waals surface area contributed by atoms with E-state index in [0.717, 1.165) is 18.2 Å². The summed E-state index contributed by atoms with van der Waals surface area (Å²) in [5.41, 5.74) is -2.20. The number of aromatic amines is 1. The number of alkyl halides is 3. The summed E-state index contributed by atoms with van der Waals surface area (Å²) in [5.74, 6) is -2.85. The van der Waals surface area contributed by atoms with Gasteiger partial charge in [-0.2, -0.15) is 13.2 Å². The number of carbonyl (C=O) groups is 1. The summed E-state index contributed by atoms with van der Waals surface area (Å²) in [4.78, 5) is 30.7. The van der Waals surface area contributed by atoms with Crippen LogP contribution in [0.1, 0.15) is 27.9 Å². The van der Waals surface area contributed by atoms with Crippen LogP contribution in [0.25, 0.3) is 11.3 Å². The standard InChI is InChI=1S/C23H20F5N3O4/c1-10-14(23(26,27)28)8-30-21(35-18-6-5-15(24)20(25)11(18)2)19(10)16-7-17(32)13(12(3)31-16)9-34-22(33)29-4/h5-8H,9H2,1-4H3,(H,29,33)(H,31,32). The predicted molar refractivity (Wildman–Crippen MR) is 115 cm³/mol. The predicted octanol–water partition coefficient (Wildman–Crippen LogP) is 5.31. The Labute approximate surface area is 195 Å². The highest BCUT2D eigenvalue weighted by molar-refractivity contribution is 5.71. The van der Waals surface area contributed by atoms with E-state index in [9.17, 15) is 31.5 Å². The monoisotopic (exact) mass is 497 g/mol. The maximum absolute atomic E-state index is 14.0. The molecule has 1 aromatic carbocycles. The Kier molecular flexibility index (Phi) is 7.13. The van der Waals surface area contributed by atoms with Crippen LogP contribution in [0.4, 0.5) is 26.7 Å². The summed E-state index contributed by atoms with van der Waals surface area (Å²) in [6.07, 6.45) is -4.98. The van der Waals surface area contributed by atoms with Crippen LogP contribution in [0.5, 0.6) is 11.6 Å². The molecule has 0 saturated heterocycles. The van der Waals surface area contributed by atoms with Crippen molar-refractivity contribution in [3.05, 3.63) is 74.2 Å². The van der Waals surface area contributed by atoms with Crippen LogP contribution in [0, 0.1) is 32.4 Å². The molecule has 1 amide bonds. The number of rotatable bonds is 5. The van der Waals surface area contributed by atoms with Crippen LogP contribution in [0.3, 0.4) is 0 Å². The Bertz CT molecular complexity index is 1350. The Morgan fingerprint density at radius 1 is 1.14 bits per heavy atom. The molecule has 2 N–H and O–H groups in total. The van der Waals surface area contributed by atoms with Gasteiger partial charge in [0.1, 0.15) is 12.4 Å². The van der Waals surface area contributed by atoms with Gasteiger partial charge in [-0.25, -0.2) is 18.6 Å². The van der Waals surface area contributed by atoms with E-state index in [1.807, 2.05) is 0 Å². The molecule has 0 aliphatic heterocycles. The van der Waals surface area contributed by atoms with E-state index < -0.39 is 34.9 Å². The Hall–Kier alpha value is -3.96. The number of carbonyl (C=O) groups excluding carboxylic acids is 1. The van der Waals surface area contributed by atoms with Crippen LogP contribution >= 0.6 is 0 Å². The van der Waals surface area contributed by atoms with Gasteiger partial charge >= 0.3 is 12.3 Å². The van der Waals surface area contributed by atoms with Crippen LogP contribution in [0.2, 0.25) is 0 Å². The molecule has 0 unspecified atom stereocenters. The summed E-state index contributed by atoms with van der Waals surface area (Å²) in [6, 6.07) is 2.94. The van der Waals surface area contributed by atoms with Gasteiger partial charge in [0.2, 0.25) is 5.88 Å². The average Bonchev–Trinajstić information content (AvgIpc) is 2.77. The average molecular weight is 497 g/mol. The van der Waals surface area contributed by atoms with Crippen molar-refractivity contribution in [2.24, 2.45) is 0 Å². The summed E-state index contributed by atoms with van der Waals surface area (Å²) in [5, 5.41) is 2.23. The van der Waals surface area contributed by atoms with Crippen molar-refractivity contribution in [3.8, 4) is 22.9 Å². The van der Waals surface area contributed by atoms with E-state index in [-0.39, 0.29) is 51.9 Å². The van der Waals surface area contributed by atoms with E-state index in [4.69, 9.17) is 9.47 Å². The highest BCUT2D eigenvalue weighted by Crippen LogP contribution is 2.41. The zero-order valence-electron chi connectivity index (χ0n) is 19.0. The quantitative estimate of drug-likeness (QED) is 0.467. The first-order valence-corrected chi connectivity index (χ1v) is 10.1. The maximum atomic E-state index is 14.0. The summed E-state index contributed by atoms with van der Waals surface area (Å²) in [6.45, 7) is 3.50. The lowest BCUT2D eigenvalue weighted by atomic mass is 10.0. The van der Waals surface area contributed by atoms with Crippen molar-refractivity contribution < 1.29 is 36.2 Å². The highest BCUT2D eigenvalue weighted by Gasteiger charge is 2.35. The Balaban J connectivity index is 2.18. The molecule has 0 aliphatic carbocycles. The third-order valence-electron chi connectivity index (χ3n) is 5.27. The number of hydrogen-bond acceptors (Lipinski definition) is 5.